The molecule has 1 N–H and O–H groups in total. The van der Waals surface area contributed by atoms with E-state index in [1.54, 1.807) is 36.4 Å². The maximum absolute atomic E-state index is 12.8. The number of ether oxygens (including phenoxy) is 1. The normalized spacial score (nSPS) is 16.8. The number of fused-ring (bicyclic) bond motifs is 3. The first-order chi connectivity index (χ1) is 15.4. The Bertz CT molecular complexity index is 1170. The van der Waals surface area contributed by atoms with Gasteiger partial charge in [0, 0.05) is 24.2 Å². The first-order valence-electron chi connectivity index (χ1n) is 10.7. The molecule has 1 fully saturated rings. The fourth-order valence-electron chi connectivity index (χ4n) is 3.79. The van der Waals surface area contributed by atoms with E-state index in [0.29, 0.717) is 42.3 Å². The summed E-state index contributed by atoms with van der Waals surface area (Å²) in [5, 5.41) is 2.73. The van der Waals surface area contributed by atoms with Crippen molar-refractivity contribution in [2.75, 3.05) is 23.4 Å². The summed E-state index contributed by atoms with van der Waals surface area (Å²) in [5.41, 5.74) is 1.66. The van der Waals surface area contributed by atoms with Gasteiger partial charge in [-0.15, -0.1) is 4.40 Å². The molecule has 2 aromatic rings. The van der Waals surface area contributed by atoms with Crippen molar-refractivity contribution in [3.05, 3.63) is 53.6 Å². The highest BCUT2D eigenvalue weighted by atomic mass is 32.2. The van der Waals surface area contributed by atoms with Crippen LogP contribution in [0.4, 0.5) is 11.4 Å². The highest BCUT2D eigenvalue weighted by Crippen LogP contribution is 2.35. The van der Waals surface area contributed by atoms with Crippen LogP contribution in [-0.2, 0) is 14.8 Å². The van der Waals surface area contributed by atoms with E-state index in [-0.39, 0.29) is 10.5 Å². The molecule has 0 atom stereocenters. The molecule has 32 heavy (non-hydrogen) atoms. The Morgan fingerprint density at radius 3 is 2.56 bits per heavy atom. The molecular weight excluding hydrogens is 430 g/mol. The Labute approximate surface area is 187 Å². The van der Waals surface area contributed by atoms with Gasteiger partial charge in [-0.25, -0.2) is 4.79 Å². The number of carbonyl (C=O) groups is 2. The number of esters is 1. The first-order valence-corrected chi connectivity index (χ1v) is 12.2. The van der Waals surface area contributed by atoms with Crippen LogP contribution in [0, 0.1) is 0 Å². The maximum Gasteiger partial charge on any atom is 0.338 e. The number of rotatable bonds is 5. The lowest BCUT2D eigenvalue weighted by atomic mass is 10.1. The minimum Gasteiger partial charge on any atom is -0.462 e. The van der Waals surface area contributed by atoms with Crippen molar-refractivity contribution >= 4 is 39.1 Å². The number of nitrogens with one attached hydrogen (secondary N) is 1. The summed E-state index contributed by atoms with van der Waals surface area (Å²) >= 11 is 0. The lowest BCUT2D eigenvalue weighted by Crippen LogP contribution is -2.35. The molecule has 2 heterocycles. The summed E-state index contributed by atoms with van der Waals surface area (Å²) in [6.45, 7) is 2.97. The number of amidine groups is 1. The molecule has 8 nitrogen and oxygen atoms in total. The van der Waals surface area contributed by atoms with E-state index in [1.807, 2.05) is 11.8 Å². The van der Waals surface area contributed by atoms with Gasteiger partial charge < -0.3 is 15.0 Å². The van der Waals surface area contributed by atoms with Crippen molar-refractivity contribution in [1.29, 1.82) is 0 Å². The van der Waals surface area contributed by atoms with E-state index in [9.17, 15) is 18.0 Å². The third kappa shape index (κ3) is 4.52. The van der Waals surface area contributed by atoms with Crippen LogP contribution >= 0.6 is 0 Å². The monoisotopic (exact) mass is 455 g/mol. The summed E-state index contributed by atoms with van der Waals surface area (Å²) in [4.78, 5) is 26.7. The van der Waals surface area contributed by atoms with Crippen molar-refractivity contribution in [1.82, 2.24) is 0 Å². The minimum atomic E-state index is -3.87. The van der Waals surface area contributed by atoms with Gasteiger partial charge in [0.25, 0.3) is 15.9 Å². The maximum atomic E-state index is 12.8. The quantitative estimate of drug-likeness (QED) is 0.684. The SMILES string of the molecule is CCCOC(=O)c1ccc(NC(=O)c2ccc3c(c2)S(=O)(=O)N=C2CCCCCN23)cc1. The summed E-state index contributed by atoms with van der Waals surface area (Å²) in [7, 11) is -3.87. The summed E-state index contributed by atoms with van der Waals surface area (Å²) < 4.78 is 34.6. The Morgan fingerprint density at radius 1 is 1.06 bits per heavy atom. The van der Waals surface area contributed by atoms with Gasteiger partial charge in [0.2, 0.25) is 0 Å². The van der Waals surface area contributed by atoms with Gasteiger partial charge >= 0.3 is 5.97 Å². The van der Waals surface area contributed by atoms with Crippen LogP contribution in [0.2, 0.25) is 0 Å². The van der Waals surface area contributed by atoms with Crippen LogP contribution in [-0.4, -0.2) is 39.3 Å². The van der Waals surface area contributed by atoms with Crippen LogP contribution < -0.4 is 10.2 Å². The van der Waals surface area contributed by atoms with E-state index >= 15 is 0 Å². The van der Waals surface area contributed by atoms with E-state index in [1.165, 1.54) is 6.07 Å². The lowest BCUT2D eigenvalue weighted by Gasteiger charge is -2.29. The number of hydrogen-bond donors (Lipinski definition) is 1. The Hall–Kier alpha value is -3.20. The van der Waals surface area contributed by atoms with Crippen LogP contribution in [0.25, 0.3) is 0 Å². The molecule has 168 valence electrons. The molecule has 2 aliphatic heterocycles. The topological polar surface area (TPSA) is 105 Å². The molecule has 0 aliphatic carbocycles. The van der Waals surface area contributed by atoms with E-state index in [2.05, 4.69) is 9.71 Å². The van der Waals surface area contributed by atoms with Gasteiger partial charge in [-0.3, -0.25) is 4.79 Å². The number of benzene rings is 2. The molecule has 9 heteroatoms. The number of carbonyl (C=O) groups excluding carboxylic acids is 2. The number of nitrogens with zero attached hydrogens (tertiary/aromatic N) is 2. The fraction of sp³-hybridized carbons (Fsp3) is 0.348. The third-order valence-corrected chi connectivity index (χ3v) is 6.76. The van der Waals surface area contributed by atoms with Gasteiger partial charge in [-0.2, -0.15) is 8.42 Å². The van der Waals surface area contributed by atoms with E-state index in [4.69, 9.17) is 4.74 Å². The van der Waals surface area contributed by atoms with Gasteiger partial charge in [0.1, 0.15) is 10.7 Å². The summed E-state index contributed by atoms with van der Waals surface area (Å²) in [5.74, 6) is -0.294. The standard InChI is InChI=1S/C23H25N3O5S/c1-2-14-31-23(28)16-7-10-18(11-8-16)24-22(27)17-9-12-19-20(15-17)32(29,30)25-21-6-4-3-5-13-26(19)21/h7-12,15H,2-6,13-14H2,1H3,(H,24,27). The Balaban J connectivity index is 1.53. The Morgan fingerprint density at radius 2 is 1.81 bits per heavy atom. The summed E-state index contributed by atoms with van der Waals surface area (Å²) in [6.07, 6.45) is 4.27. The number of amides is 1. The van der Waals surface area contributed by atoms with E-state index < -0.39 is 21.9 Å². The van der Waals surface area contributed by atoms with Gasteiger partial charge in [0.15, 0.2) is 0 Å². The number of sulfonamides is 1. The fourth-order valence-corrected chi connectivity index (χ4v) is 5.08. The smallest absolute Gasteiger partial charge is 0.338 e. The van der Waals surface area contributed by atoms with Crippen molar-refractivity contribution in [2.45, 2.75) is 43.9 Å². The van der Waals surface area contributed by atoms with Crippen LogP contribution in [0.3, 0.4) is 0 Å². The van der Waals surface area contributed by atoms with Gasteiger partial charge in [-0.05, 0) is 61.7 Å². The molecule has 0 aromatic heterocycles. The molecular formula is C23H25N3O5S. The predicted octanol–water partition coefficient (Wildman–Crippen LogP) is 3.99. The number of hydrogen-bond acceptors (Lipinski definition) is 6. The van der Waals surface area contributed by atoms with Crippen molar-refractivity contribution < 1.29 is 22.7 Å². The van der Waals surface area contributed by atoms with Crippen LogP contribution in [0.15, 0.2) is 51.8 Å². The largest absolute Gasteiger partial charge is 0.462 e. The van der Waals surface area contributed by atoms with Crippen molar-refractivity contribution in [3.63, 3.8) is 0 Å². The predicted molar refractivity (Wildman–Crippen MR) is 122 cm³/mol. The Kier molecular flexibility index (Phi) is 6.27. The first kappa shape index (κ1) is 22.0. The second kappa shape index (κ2) is 9.12. The average Bonchev–Trinajstić information content (AvgIpc) is 3.02. The van der Waals surface area contributed by atoms with Crippen LogP contribution in [0.1, 0.15) is 59.7 Å². The summed E-state index contributed by atoms with van der Waals surface area (Å²) in [6, 6.07) is 11.0. The highest BCUT2D eigenvalue weighted by Gasteiger charge is 2.32. The lowest BCUT2D eigenvalue weighted by molar-refractivity contribution is 0.0505. The van der Waals surface area contributed by atoms with Crippen LogP contribution in [0.5, 0.6) is 0 Å². The van der Waals surface area contributed by atoms with E-state index in [0.717, 1.165) is 25.7 Å². The molecule has 0 bridgehead atoms. The average molecular weight is 456 g/mol. The second-order valence-electron chi connectivity index (χ2n) is 7.79. The molecule has 0 spiro atoms. The zero-order valence-corrected chi connectivity index (χ0v) is 18.7. The highest BCUT2D eigenvalue weighted by molar-refractivity contribution is 7.90. The molecule has 2 aromatic carbocycles. The minimum absolute atomic E-state index is 0.0461. The third-order valence-electron chi connectivity index (χ3n) is 5.43. The molecule has 1 saturated heterocycles. The second-order valence-corrected chi connectivity index (χ2v) is 9.37. The molecule has 2 aliphatic rings. The van der Waals surface area contributed by atoms with Crippen molar-refractivity contribution in [2.24, 2.45) is 4.40 Å². The molecule has 1 amide bonds. The molecule has 4 rings (SSSR count). The zero-order valence-electron chi connectivity index (χ0n) is 17.8. The van der Waals surface area contributed by atoms with Gasteiger partial charge in [0.05, 0.1) is 17.9 Å². The molecule has 0 saturated carbocycles. The van der Waals surface area contributed by atoms with Crippen molar-refractivity contribution in [3.8, 4) is 0 Å². The zero-order chi connectivity index (χ0) is 22.7. The molecule has 0 radical (unpaired) electrons. The molecule has 0 unspecified atom stereocenters. The number of anilines is 2. The van der Waals surface area contributed by atoms with Gasteiger partial charge in [-0.1, -0.05) is 13.3 Å².